The number of nitrogens with zero attached hydrogens (tertiary/aromatic N) is 1. The highest BCUT2D eigenvalue weighted by atomic mass is 19.1. The third-order valence-electron chi connectivity index (χ3n) is 1.43. The predicted molar refractivity (Wildman–Crippen MR) is 40.2 cm³/mol. The van der Waals surface area contributed by atoms with Crippen molar-refractivity contribution in [2.24, 2.45) is 11.5 Å². The number of aromatic nitrogens is 1. The van der Waals surface area contributed by atoms with E-state index in [1.54, 1.807) is 6.07 Å². The summed E-state index contributed by atoms with van der Waals surface area (Å²) in [5, 5.41) is 0. The van der Waals surface area contributed by atoms with Crippen LogP contribution in [0.15, 0.2) is 18.3 Å². The van der Waals surface area contributed by atoms with Crippen LogP contribution >= 0.6 is 0 Å². The Morgan fingerprint density at radius 3 is 2.73 bits per heavy atom. The molecule has 0 spiro atoms. The second-order valence-electron chi connectivity index (χ2n) is 2.26. The molecule has 0 amide bonds. The van der Waals surface area contributed by atoms with Crippen molar-refractivity contribution >= 4 is 0 Å². The first-order valence-electron chi connectivity index (χ1n) is 3.31. The molecule has 0 fully saturated rings. The van der Waals surface area contributed by atoms with Gasteiger partial charge in [0.15, 0.2) is 0 Å². The van der Waals surface area contributed by atoms with Gasteiger partial charge in [-0.25, -0.2) is 4.98 Å². The van der Waals surface area contributed by atoms with E-state index in [1.807, 2.05) is 0 Å². The van der Waals surface area contributed by atoms with Gasteiger partial charge >= 0.3 is 0 Å². The van der Waals surface area contributed by atoms with Crippen LogP contribution in [0.1, 0.15) is 11.6 Å². The van der Waals surface area contributed by atoms with Crippen LogP contribution in [0.5, 0.6) is 0 Å². The van der Waals surface area contributed by atoms with E-state index >= 15 is 0 Å². The summed E-state index contributed by atoms with van der Waals surface area (Å²) in [5.74, 6) is -0.502. The van der Waals surface area contributed by atoms with E-state index in [1.165, 1.54) is 12.3 Å². The topological polar surface area (TPSA) is 64.9 Å². The number of rotatable bonds is 2. The summed E-state index contributed by atoms with van der Waals surface area (Å²) in [6, 6.07) is 2.60. The van der Waals surface area contributed by atoms with Crippen LogP contribution in [0.25, 0.3) is 0 Å². The van der Waals surface area contributed by atoms with Crippen molar-refractivity contribution < 1.29 is 4.39 Å². The Balaban J connectivity index is 2.81. The van der Waals surface area contributed by atoms with Crippen LogP contribution in [-0.4, -0.2) is 11.5 Å². The minimum Gasteiger partial charge on any atom is -0.329 e. The molecule has 0 aliphatic heterocycles. The Morgan fingerprint density at radius 2 is 2.27 bits per heavy atom. The maximum Gasteiger partial charge on any atom is 0.212 e. The van der Waals surface area contributed by atoms with Crippen molar-refractivity contribution in [1.82, 2.24) is 4.98 Å². The highest BCUT2D eigenvalue weighted by Crippen LogP contribution is 2.06. The lowest BCUT2D eigenvalue weighted by Crippen LogP contribution is -2.20. The zero-order valence-corrected chi connectivity index (χ0v) is 6.00. The van der Waals surface area contributed by atoms with Crippen molar-refractivity contribution in [3.8, 4) is 0 Å². The van der Waals surface area contributed by atoms with Gasteiger partial charge in [0.1, 0.15) is 0 Å². The van der Waals surface area contributed by atoms with Crippen LogP contribution in [0.4, 0.5) is 4.39 Å². The van der Waals surface area contributed by atoms with Crippen molar-refractivity contribution in [1.29, 1.82) is 0 Å². The van der Waals surface area contributed by atoms with Gasteiger partial charge in [-0.2, -0.15) is 4.39 Å². The van der Waals surface area contributed by atoms with Crippen molar-refractivity contribution in [3.63, 3.8) is 0 Å². The van der Waals surface area contributed by atoms with E-state index in [0.717, 1.165) is 5.56 Å². The third kappa shape index (κ3) is 1.96. The number of pyridine rings is 1. The Morgan fingerprint density at radius 1 is 1.55 bits per heavy atom. The summed E-state index contributed by atoms with van der Waals surface area (Å²) in [6.07, 6.45) is 1.40. The van der Waals surface area contributed by atoms with Crippen molar-refractivity contribution in [2.45, 2.75) is 6.04 Å². The Kier molecular flexibility index (Phi) is 2.51. The third-order valence-corrected chi connectivity index (χ3v) is 1.43. The molecule has 1 rings (SSSR count). The van der Waals surface area contributed by atoms with E-state index < -0.39 is 5.95 Å². The van der Waals surface area contributed by atoms with Gasteiger partial charge in [-0.05, 0) is 11.6 Å². The number of nitrogens with two attached hydrogens (primary N) is 2. The molecule has 0 aromatic carbocycles. The normalized spacial score (nSPS) is 13.0. The van der Waals surface area contributed by atoms with Gasteiger partial charge in [-0.3, -0.25) is 0 Å². The minimum absolute atomic E-state index is 0.247. The maximum atomic E-state index is 12.3. The molecule has 0 saturated carbocycles. The zero-order valence-electron chi connectivity index (χ0n) is 6.00. The summed E-state index contributed by atoms with van der Waals surface area (Å²) in [4.78, 5) is 3.45. The van der Waals surface area contributed by atoms with Gasteiger partial charge in [0, 0.05) is 18.8 Å². The summed E-state index contributed by atoms with van der Waals surface area (Å²) in [5.41, 5.74) is 11.6. The molecule has 3 nitrogen and oxygen atoms in total. The average molecular weight is 155 g/mol. The molecule has 0 unspecified atom stereocenters. The van der Waals surface area contributed by atoms with E-state index in [-0.39, 0.29) is 6.04 Å². The van der Waals surface area contributed by atoms with Gasteiger partial charge in [0.2, 0.25) is 5.95 Å². The Hall–Kier alpha value is -1.00. The summed E-state index contributed by atoms with van der Waals surface area (Å²) < 4.78 is 12.3. The maximum absolute atomic E-state index is 12.3. The first-order chi connectivity index (χ1) is 5.24. The first kappa shape index (κ1) is 8.10. The van der Waals surface area contributed by atoms with Crippen LogP contribution < -0.4 is 11.5 Å². The molecule has 1 aromatic heterocycles. The molecule has 0 saturated heterocycles. The van der Waals surface area contributed by atoms with Crippen molar-refractivity contribution in [2.75, 3.05) is 6.54 Å². The zero-order chi connectivity index (χ0) is 8.27. The molecular weight excluding hydrogens is 145 g/mol. The molecule has 1 heterocycles. The quantitative estimate of drug-likeness (QED) is 0.599. The molecule has 1 atom stereocenters. The minimum atomic E-state index is -0.502. The molecular formula is C7H10FN3. The summed E-state index contributed by atoms with van der Waals surface area (Å²) >= 11 is 0. The van der Waals surface area contributed by atoms with E-state index in [4.69, 9.17) is 11.5 Å². The second kappa shape index (κ2) is 3.41. The SMILES string of the molecule is NC[C@H](N)c1ccc(F)nc1. The van der Waals surface area contributed by atoms with Crippen LogP contribution in [0.2, 0.25) is 0 Å². The van der Waals surface area contributed by atoms with Gasteiger partial charge < -0.3 is 11.5 Å². The van der Waals surface area contributed by atoms with Gasteiger partial charge in [-0.1, -0.05) is 6.07 Å². The van der Waals surface area contributed by atoms with Crippen LogP contribution in [-0.2, 0) is 0 Å². The summed E-state index contributed by atoms with van der Waals surface area (Å²) in [7, 11) is 0. The molecule has 0 bridgehead atoms. The first-order valence-corrected chi connectivity index (χ1v) is 3.31. The molecule has 4 N–H and O–H groups in total. The summed E-state index contributed by atoms with van der Waals surface area (Å²) in [6.45, 7) is 0.341. The van der Waals surface area contributed by atoms with E-state index in [0.29, 0.717) is 6.54 Å². The lowest BCUT2D eigenvalue weighted by Gasteiger charge is -2.06. The Bertz CT molecular complexity index is 222. The average Bonchev–Trinajstić information content (AvgIpc) is 2.05. The highest BCUT2D eigenvalue weighted by molar-refractivity contribution is 5.13. The molecule has 0 aliphatic rings. The number of halogens is 1. The van der Waals surface area contributed by atoms with Crippen LogP contribution in [0.3, 0.4) is 0 Å². The smallest absolute Gasteiger partial charge is 0.212 e. The largest absolute Gasteiger partial charge is 0.329 e. The van der Waals surface area contributed by atoms with Gasteiger partial charge in [0.25, 0.3) is 0 Å². The van der Waals surface area contributed by atoms with Gasteiger partial charge in [0.05, 0.1) is 0 Å². The highest BCUT2D eigenvalue weighted by Gasteiger charge is 2.02. The predicted octanol–water partition coefficient (Wildman–Crippen LogP) is 0.179. The second-order valence-corrected chi connectivity index (χ2v) is 2.26. The fourth-order valence-electron chi connectivity index (χ4n) is 0.743. The van der Waals surface area contributed by atoms with E-state index in [9.17, 15) is 4.39 Å². The van der Waals surface area contributed by atoms with Gasteiger partial charge in [-0.15, -0.1) is 0 Å². The van der Waals surface area contributed by atoms with Crippen molar-refractivity contribution in [3.05, 3.63) is 29.8 Å². The fourth-order valence-corrected chi connectivity index (χ4v) is 0.743. The molecule has 60 valence electrons. The monoisotopic (exact) mass is 155 g/mol. The Labute approximate surface area is 64.2 Å². The molecule has 11 heavy (non-hydrogen) atoms. The molecule has 0 aliphatic carbocycles. The number of hydrogen-bond acceptors (Lipinski definition) is 3. The molecule has 1 aromatic rings. The lowest BCUT2D eigenvalue weighted by atomic mass is 10.1. The standard InChI is InChI=1S/C7H10FN3/c8-7-2-1-5(4-11-7)6(10)3-9/h1-2,4,6H,3,9-10H2/t6-/m0/s1. The fraction of sp³-hybridized carbons (Fsp3) is 0.286. The van der Waals surface area contributed by atoms with E-state index in [2.05, 4.69) is 4.98 Å². The lowest BCUT2D eigenvalue weighted by molar-refractivity contribution is 0.579. The molecule has 4 heteroatoms. The molecule has 0 radical (unpaired) electrons. The number of hydrogen-bond donors (Lipinski definition) is 2. The van der Waals surface area contributed by atoms with Crippen LogP contribution in [0, 0.1) is 5.95 Å².